The molecule has 28 heavy (non-hydrogen) atoms. The van der Waals surface area contributed by atoms with Gasteiger partial charge in [0.25, 0.3) is 11.7 Å². The molecule has 3 rings (SSSR count). The summed E-state index contributed by atoms with van der Waals surface area (Å²) in [7, 11) is 1.49. The summed E-state index contributed by atoms with van der Waals surface area (Å²) in [5.74, 6) is -1.14. The fraction of sp³-hybridized carbons (Fsp3) is 0.333. The van der Waals surface area contributed by atoms with Gasteiger partial charge in [0, 0.05) is 11.4 Å². The van der Waals surface area contributed by atoms with Gasteiger partial charge in [-0.25, -0.2) is 0 Å². The van der Waals surface area contributed by atoms with E-state index in [4.69, 9.17) is 9.47 Å². The number of Topliss-reactive ketones (excluding diaryl/α,β-unsaturated/α-hetero) is 1. The third-order valence-corrected chi connectivity index (χ3v) is 5.42. The molecule has 1 saturated heterocycles. The standard InChI is InChI=1S/C21H23NO5S/c1-13(2)27-11-10-22-18(16-9-6-12-28-16)17(20(24)21(22)25)19(23)14-7-4-5-8-15(14)26-3/h4-9,12-13,18,23H,10-11H2,1-3H3/b19-17-. The maximum Gasteiger partial charge on any atom is 0.295 e. The highest BCUT2D eigenvalue weighted by molar-refractivity contribution is 7.10. The molecule has 1 N–H and O–H groups in total. The van der Waals surface area contributed by atoms with Crippen molar-refractivity contribution >= 4 is 28.8 Å². The van der Waals surface area contributed by atoms with Crippen molar-refractivity contribution in [3.8, 4) is 5.75 Å². The highest BCUT2D eigenvalue weighted by Crippen LogP contribution is 2.42. The third-order valence-electron chi connectivity index (χ3n) is 4.50. The van der Waals surface area contributed by atoms with Crippen LogP contribution in [-0.2, 0) is 14.3 Å². The fourth-order valence-electron chi connectivity index (χ4n) is 3.23. The molecule has 1 aromatic heterocycles. The number of ether oxygens (including phenoxy) is 2. The summed E-state index contributed by atoms with van der Waals surface area (Å²) in [4.78, 5) is 27.9. The van der Waals surface area contributed by atoms with Crippen LogP contribution in [0.15, 0.2) is 47.4 Å². The molecule has 1 atom stereocenters. The van der Waals surface area contributed by atoms with Gasteiger partial charge in [-0.05, 0) is 37.4 Å². The first kappa shape index (κ1) is 20.1. The Bertz CT molecular complexity index is 888. The lowest BCUT2D eigenvalue weighted by molar-refractivity contribution is -0.140. The van der Waals surface area contributed by atoms with Gasteiger partial charge in [-0.15, -0.1) is 11.3 Å². The number of benzene rings is 1. The van der Waals surface area contributed by atoms with E-state index < -0.39 is 17.7 Å². The van der Waals surface area contributed by atoms with Gasteiger partial charge in [-0.2, -0.15) is 0 Å². The molecule has 1 aromatic carbocycles. The second-order valence-electron chi connectivity index (χ2n) is 6.63. The smallest absolute Gasteiger partial charge is 0.295 e. The molecule has 0 aliphatic carbocycles. The molecule has 0 saturated carbocycles. The lowest BCUT2D eigenvalue weighted by Gasteiger charge is -2.24. The summed E-state index contributed by atoms with van der Waals surface area (Å²) >= 11 is 1.43. The Labute approximate surface area is 168 Å². The van der Waals surface area contributed by atoms with Crippen molar-refractivity contribution in [2.45, 2.75) is 26.0 Å². The quantitative estimate of drug-likeness (QED) is 0.436. The van der Waals surface area contributed by atoms with Crippen LogP contribution in [0, 0.1) is 0 Å². The van der Waals surface area contributed by atoms with E-state index in [0.717, 1.165) is 4.88 Å². The number of nitrogens with zero attached hydrogens (tertiary/aromatic N) is 1. The number of rotatable bonds is 7. The highest BCUT2D eigenvalue weighted by Gasteiger charge is 2.46. The number of amides is 1. The average Bonchev–Trinajstić information content (AvgIpc) is 3.29. The fourth-order valence-corrected chi connectivity index (χ4v) is 4.07. The van der Waals surface area contributed by atoms with Gasteiger partial charge in [0.05, 0.1) is 37.0 Å². The first-order valence-corrected chi connectivity index (χ1v) is 9.90. The molecule has 6 nitrogen and oxygen atoms in total. The first-order chi connectivity index (χ1) is 13.5. The zero-order valence-corrected chi connectivity index (χ0v) is 16.9. The number of ketones is 1. The predicted octanol–water partition coefficient (Wildman–Crippen LogP) is 3.60. The van der Waals surface area contributed by atoms with Crippen molar-refractivity contribution in [1.29, 1.82) is 0 Å². The zero-order valence-electron chi connectivity index (χ0n) is 16.0. The number of carbonyl (C=O) groups excluding carboxylic acids is 2. The number of methoxy groups -OCH3 is 1. The number of thiophene rings is 1. The largest absolute Gasteiger partial charge is 0.507 e. The predicted molar refractivity (Wildman–Crippen MR) is 107 cm³/mol. The molecule has 0 radical (unpaired) electrons. The Balaban J connectivity index is 2.08. The third kappa shape index (κ3) is 3.81. The second-order valence-corrected chi connectivity index (χ2v) is 7.61. The van der Waals surface area contributed by atoms with Crippen molar-refractivity contribution in [3.63, 3.8) is 0 Å². The molecule has 148 valence electrons. The van der Waals surface area contributed by atoms with Gasteiger partial charge in [-0.1, -0.05) is 18.2 Å². The number of hydrogen-bond donors (Lipinski definition) is 1. The first-order valence-electron chi connectivity index (χ1n) is 9.02. The van der Waals surface area contributed by atoms with Gasteiger partial charge in [0.15, 0.2) is 0 Å². The summed E-state index contributed by atoms with van der Waals surface area (Å²) in [6.45, 7) is 4.38. The van der Waals surface area contributed by atoms with Gasteiger partial charge in [-0.3, -0.25) is 9.59 Å². The van der Waals surface area contributed by atoms with E-state index in [0.29, 0.717) is 17.9 Å². The molecule has 1 unspecified atom stereocenters. The summed E-state index contributed by atoms with van der Waals surface area (Å²) < 4.78 is 10.9. The lowest BCUT2D eigenvalue weighted by Crippen LogP contribution is -2.33. The highest BCUT2D eigenvalue weighted by atomic mass is 32.1. The summed E-state index contributed by atoms with van der Waals surface area (Å²) in [5.41, 5.74) is 0.449. The Morgan fingerprint density at radius 2 is 1.96 bits per heavy atom. The number of para-hydroxylation sites is 1. The molecule has 2 heterocycles. The summed E-state index contributed by atoms with van der Waals surface area (Å²) in [5, 5.41) is 12.9. The van der Waals surface area contributed by atoms with Crippen LogP contribution in [0.1, 0.15) is 30.3 Å². The Hall–Kier alpha value is -2.64. The molecular weight excluding hydrogens is 378 g/mol. The summed E-state index contributed by atoms with van der Waals surface area (Å²) in [6, 6.07) is 9.93. The zero-order chi connectivity index (χ0) is 20.3. The van der Waals surface area contributed by atoms with E-state index in [1.165, 1.54) is 23.3 Å². The number of aliphatic hydroxyl groups is 1. The average molecular weight is 401 g/mol. The Morgan fingerprint density at radius 1 is 1.21 bits per heavy atom. The minimum atomic E-state index is -0.702. The van der Waals surface area contributed by atoms with Crippen LogP contribution in [0.25, 0.3) is 5.76 Å². The van der Waals surface area contributed by atoms with Gasteiger partial charge >= 0.3 is 0 Å². The van der Waals surface area contributed by atoms with Crippen LogP contribution in [0.3, 0.4) is 0 Å². The molecule has 0 spiro atoms. The van der Waals surface area contributed by atoms with Crippen LogP contribution in [0.2, 0.25) is 0 Å². The van der Waals surface area contributed by atoms with Crippen LogP contribution in [-0.4, -0.2) is 48.1 Å². The number of carbonyl (C=O) groups is 2. The molecule has 1 aliphatic heterocycles. The maximum absolute atomic E-state index is 12.8. The van der Waals surface area contributed by atoms with E-state index in [9.17, 15) is 14.7 Å². The summed E-state index contributed by atoms with van der Waals surface area (Å²) in [6.07, 6.45) is 0.0191. The van der Waals surface area contributed by atoms with E-state index in [1.54, 1.807) is 24.3 Å². The van der Waals surface area contributed by atoms with Crippen LogP contribution >= 0.6 is 11.3 Å². The molecule has 1 amide bonds. The van der Waals surface area contributed by atoms with Crippen LogP contribution in [0.5, 0.6) is 5.75 Å². The van der Waals surface area contributed by atoms with Crippen LogP contribution in [0.4, 0.5) is 0 Å². The van der Waals surface area contributed by atoms with E-state index in [-0.39, 0.29) is 24.0 Å². The van der Waals surface area contributed by atoms with E-state index >= 15 is 0 Å². The topological polar surface area (TPSA) is 76.1 Å². The minimum absolute atomic E-state index is 0.0191. The molecule has 1 fully saturated rings. The number of likely N-dealkylation sites (tertiary alicyclic amines) is 1. The molecule has 7 heteroatoms. The van der Waals surface area contributed by atoms with Crippen molar-refractivity contribution in [3.05, 3.63) is 57.8 Å². The maximum atomic E-state index is 12.8. The number of hydrogen-bond acceptors (Lipinski definition) is 6. The van der Waals surface area contributed by atoms with Gasteiger partial charge in [0.2, 0.25) is 0 Å². The molecule has 0 bridgehead atoms. The molecule has 2 aromatic rings. The monoisotopic (exact) mass is 401 g/mol. The van der Waals surface area contributed by atoms with E-state index in [1.807, 2.05) is 31.4 Å². The second kappa shape index (κ2) is 8.58. The van der Waals surface area contributed by atoms with Crippen molar-refractivity contribution in [2.24, 2.45) is 0 Å². The minimum Gasteiger partial charge on any atom is -0.507 e. The molecular formula is C21H23NO5S. The van der Waals surface area contributed by atoms with Crippen molar-refractivity contribution in [2.75, 3.05) is 20.3 Å². The van der Waals surface area contributed by atoms with Crippen molar-refractivity contribution in [1.82, 2.24) is 4.90 Å². The van der Waals surface area contributed by atoms with Crippen LogP contribution < -0.4 is 4.74 Å². The van der Waals surface area contributed by atoms with E-state index in [2.05, 4.69) is 0 Å². The normalized spacial score (nSPS) is 18.9. The van der Waals surface area contributed by atoms with Crippen molar-refractivity contribution < 1.29 is 24.2 Å². The van der Waals surface area contributed by atoms with Gasteiger partial charge < -0.3 is 19.5 Å². The Kier molecular flexibility index (Phi) is 6.16. The number of aliphatic hydroxyl groups excluding tert-OH is 1. The SMILES string of the molecule is COc1ccccc1/C(O)=C1/C(=O)C(=O)N(CCOC(C)C)C1c1cccs1. The lowest BCUT2D eigenvalue weighted by atomic mass is 9.99. The Morgan fingerprint density at radius 3 is 2.61 bits per heavy atom. The molecule has 1 aliphatic rings. The van der Waals surface area contributed by atoms with Gasteiger partial charge in [0.1, 0.15) is 11.5 Å².